The van der Waals surface area contributed by atoms with Gasteiger partial charge in [-0.15, -0.1) is 0 Å². The number of carbonyl (C=O) groups excluding carboxylic acids is 2. The highest BCUT2D eigenvalue weighted by molar-refractivity contribution is 5.90. The highest BCUT2D eigenvalue weighted by Crippen LogP contribution is 2.12. The molecule has 1 aromatic rings. The second kappa shape index (κ2) is 8.30. The van der Waals surface area contributed by atoms with E-state index < -0.39 is 0 Å². The molecule has 1 aromatic carbocycles. The Balaban J connectivity index is 1.77. The van der Waals surface area contributed by atoms with Gasteiger partial charge >= 0.3 is 0 Å². The normalized spacial score (nSPS) is 18.0. The van der Waals surface area contributed by atoms with E-state index in [4.69, 9.17) is 5.26 Å². The molecule has 0 radical (unpaired) electrons. The lowest BCUT2D eigenvalue weighted by atomic mass is 10.1. The fraction of sp³-hybridized carbons (Fsp3) is 0.471. The van der Waals surface area contributed by atoms with Crippen molar-refractivity contribution in [1.29, 1.82) is 5.26 Å². The smallest absolute Gasteiger partial charge is 0.225 e. The van der Waals surface area contributed by atoms with Crippen molar-refractivity contribution in [1.82, 2.24) is 10.2 Å². The molecule has 0 aromatic heterocycles. The largest absolute Gasteiger partial charge is 0.352 e. The van der Waals surface area contributed by atoms with Crippen LogP contribution in [0.3, 0.4) is 0 Å². The molecule has 1 fully saturated rings. The van der Waals surface area contributed by atoms with E-state index in [0.29, 0.717) is 24.2 Å². The van der Waals surface area contributed by atoms with Crippen molar-refractivity contribution < 1.29 is 9.59 Å². The molecule has 0 aliphatic carbocycles. The molecule has 1 aliphatic rings. The van der Waals surface area contributed by atoms with Crippen LogP contribution in [0.5, 0.6) is 0 Å². The fourth-order valence-corrected chi connectivity index (χ4v) is 2.81. The Labute approximate surface area is 136 Å². The van der Waals surface area contributed by atoms with E-state index in [1.807, 2.05) is 0 Å². The molecule has 0 spiro atoms. The standard InChI is InChI=1S/C17H22N4O2/c1-13(22)19-16-6-3-8-21(12-16)9-7-17(23)20-15-5-2-4-14(10-15)11-18/h2,4-5,10,16H,3,6-9,12H2,1H3,(H,19,22)(H,20,23). The zero-order valence-corrected chi connectivity index (χ0v) is 13.3. The number of amides is 2. The van der Waals surface area contributed by atoms with Gasteiger partial charge in [-0.05, 0) is 37.6 Å². The third kappa shape index (κ3) is 5.72. The van der Waals surface area contributed by atoms with E-state index in [1.165, 1.54) is 6.92 Å². The maximum absolute atomic E-state index is 12.0. The van der Waals surface area contributed by atoms with Crippen molar-refractivity contribution in [2.24, 2.45) is 0 Å². The van der Waals surface area contributed by atoms with Gasteiger partial charge in [-0.2, -0.15) is 5.26 Å². The number of hydrogen-bond acceptors (Lipinski definition) is 4. The first-order chi connectivity index (χ1) is 11.1. The van der Waals surface area contributed by atoms with Gasteiger partial charge in [0.15, 0.2) is 0 Å². The van der Waals surface area contributed by atoms with Crippen LogP contribution in [-0.2, 0) is 9.59 Å². The molecule has 2 N–H and O–H groups in total. The zero-order valence-electron chi connectivity index (χ0n) is 13.3. The number of nitrogens with zero attached hydrogens (tertiary/aromatic N) is 2. The summed E-state index contributed by atoms with van der Waals surface area (Å²) in [6, 6.07) is 9.10. The number of piperidine rings is 1. The van der Waals surface area contributed by atoms with Gasteiger partial charge in [0.2, 0.25) is 11.8 Å². The second-order valence-electron chi connectivity index (χ2n) is 5.83. The van der Waals surface area contributed by atoms with Crippen LogP contribution in [0.15, 0.2) is 24.3 Å². The van der Waals surface area contributed by atoms with Crippen molar-refractivity contribution in [2.45, 2.75) is 32.2 Å². The maximum Gasteiger partial charge on any atom is 0.225 e. The van der Waals surface area contributed by atoms with Crippen LogP contribution in [0.2, 0.25) is 0 Å². The summed E-state index contributed by atoms with van der Waals surface area (Å²) in [5.74, 6) is -0.0753. The van der Waals surface area contributed by atoms with Crippen molar-refractivity contribution in [3.8, 4) is 6.07 Å². The Morgan fingerprint density at radius 2 is 2.26 bits per heavy atom. The number of nitriles is 1. The fourth-order valence-electron chi connectivity index (χ4n) is 2.81. The van der Waals surface area contributed by atoms with Crippen molar-refractivity contribution in [2.75, 3.05) is 25.0 Å². The van der Waals surface area contributed by atoms with Crippen LogP contribution in [-0.4, -0.2) is 42.4 Å². The molecule has 1 aliphatic heterocycles. The van der Waals surface area contributed by atoms with Gasteiger partial charge in [0.1, 0.15) is 0 Å². The SMILES string of the molecule is CC(=O)NC1CCCN(CCC(=O)Nc2cccc(C#N)c2)C1. The summed E-state index contributed by atoms with van der Waals surface area (Å²) in [6.07, 6.45) is 2.41. The number of likely N-dealkylation sites (tertiary alicyclic amines) is 1. The molecule has 1 unspecified atom stereocenters. The first-order valence-corrected chi connectivity index (χ1v) is 7.86. The number of hydrogen-bond donors (Lipinski definition) is 2. The van der Waals surface area contributed by atoms with E-state index in [2.05, 4.69) is 21.6 Å². The predicted octanol–water partition coefficient (Wildman–Crippen LogP) is 1.49. The van der Waals surface area contributed by atoms with Gasteiger partial charge in [-0.3, -0.25) is 9.59 Å². The average molecular weight is 314 g/mol. The zero-order chi connectivity index (χ0) is 16.7. The highest BCUT2D eigenvalue weighted by Gasteiger charge is 2.20. The molecular weight excluding hydrogens is 292 g/mol. The van der Waals surface area contributed by atoms with E-state index >= 15 is 0 Å². The Morgan fingerprint density at radius 3 is 3.00 bits per heavy atom. The topological polar surface area (TPSA) is 85.2 Å². The molecule has 1 heterocycles. The lowest BCUT2D eigenvalue weighted by Crippen LogP contribution is -2.47. The third-order valence-corrected chi connectivity index (χ3v) is 3.84. The van der Waals surface area contributed by atoms with Crippen LogP contribution >= 0.6 is 0 Å². The maximum atomic E-state index is 12.0. The minimum atomic E-state index is -0.0678. The van der Waals surface area contributed by atoms with Crippen LogP contribution in [0.4, 0.5) is 5.69 Å². The Morgan fingerprint density at radius 1 is 1.43 bits per heavy atom. The molecule has 6 heteroatoms. The van der Waals surface area contributed by atoms with Gasteiger partial charge < -0.3 is 15.5 Å². The Bertz CT molecular complexity index is 609. The average Bonchev–Trinajstić information content (AvgIpc) is 2.53. The summed E-state index contributed by atoms with van der Waals surface area (Å²) < 4.78 is 0. The molecule has 2 rings (SSSR count). The predicted molar refractivity (Wildman–Crippen MR) is 87.7 cm³/mol. The Kier molecular flexibility index (Phi) is 6.12. The van der Waals surface area contributed by atoms with E-state index in [-0.39, 0.29) is 17.9 Å². The molecule has 2 amide bonds. The molecular formula is C17H22N4O2. The van der Waals surface area contributed by atoms with Crippen LogP contribution in [0.1, 0.15) is 31.7 Å². The van der Waals surface area contributed by atoms with Gasteiger partial charge in [0.05, 0.1) is 11.6 Å². The highest BCUT2D eigenvalue weighted by atomic mass is 16.2. The molecule has 122 valence electrons. The molecule has 0 saturated carbocycles. The number of anilines is 1. The third-order valence-electron chi connectivity index (χ3n) is 3.84. The Hall–Kier alpha value is -2.39. The summed E-state index contributed by atoms with van der Waals surface area (Å²) in [6.45, 7) is 3.94. The van der Waals surface area contributed by atoms with Crippen LogP contribution in [0, 0.1) is 11.3 Å². The second-order valence-corrected chi connectivity index (χ2v) is 5.83. The number of nitrogens with one attached hydrogen (secondary N) is 2. The van der Waals surface area contributed by atoms with Crippen LogP contribution in [0.25, 0.3) is 0 Å². The van der Waals surface area contributed by atoms with Gasteiger partial charge in [0, 0.05) is 38.2 Å². The van der Waals surface area contributed by atoms with Crippen LogP contribution < -0.4 is 10.6 Å². The quantitative estimate of drug-likeness (QED) is 0.862. The summed E-state index contributed by atoms with van der Waals surface area (Å²) in [4.78, 5) is 25.4. The van der Waals surface area contributed by atoms with Gasteiger partial charge in [-0.25, -0.2) is 0 Å². The summed E-state index contributed by atoms with van der Waals surface area (Å²) in [5.41, 5.74) is 1.17. The first kappa shape index (κ1) is 17.0. The van der Waals surface area contributed by atoms with Crippen molar-refractivity contribution in [3.05, 3.63) is 29.8 Å². The first-order valence-electron chi connectivity index (χ1n) is 7.86. The molecule has 6 nitrogen and oxygen atoms in total. The summed E-state index contributed by atoms with van der Waals surface area (Å²) in [5, 5.41) is 14.6. The van der Waals surface area contributed by atoms with Gasteiger partial charge in [-0.1, -0.05) is 6.07 Å². The lowest BCUT2D eigenvalue weighted by molar-refractivity contribution is -0.120. The summed E-state index contributed by atoms with van der Waals surface area (Å²) >= 11 is 0. The number of rotatable bonds is 5. The van der Waals surface area contributed by atoms with E-state index in [9.17, 15) is 9.59 Å². The molecule has 1 saturated heterocycles. The van der Waals surface area contributed by atoms with Crippen molar-refractivity contribution in [3.63, 3.8) is 0 Å². The lowest BCUT2D eigenvalue weighted by Gasteiger charge is -2.32. The monoisotopic (exact) mass is 314 g/mol. The number of benzene rings is 1. The molecule has 0 bridgehead atoms. The van der Waals surface area contributed by atoms with Crippen molar-refractivity contribution >= 4 is 17.5 Å². The number of carbonyl (C=O) groups is 2. The van der Waals surface area contributed by atoms with E-state index in [0.717, 1.165) is 25.9 Å². The van der Waals surface area contributed by atoms with Gasteiger partial charge in [0.25, 0.3) is 0 Å². The molecule has 23 heavy (non-hydrogen) atoms. The molecule has 1 atom stereocenters. The minimum absolute atomic E-state index is 0.00744. The van der Waals surface area contributed by atoms with E-state index in [1.54, 1.807) is 24.3 Å². The summed E-state index contributed by atoms with van der Waals surface area (Å²) in [7, 11) is 0. The minimum Gasteiger partial charge on any atom is -0.352 e.